The van der Waals surface area contributed by atoms with E-state index in [4.69, 9.17) is 28.4 Å². The Morgan fingerprint density at radius 3 is 1.40 bits per heavy atom. The van der Waals surface area contributed by atoms with Gasteiger partial charge in [0.15, 0.2) is 0 Å². The molecule has 1 aliphatic heterocycles. The molecule has 0 spiro atoms. The van der Waals surface area contributed by atoms with Crippen LogP contribution < -0.4 is 24.2 Å². The third-order valence-corrected chi connectivity index (χ3v) is 19.6. The molecule has 2 heterocycles. The van der Waals surface area contributed by atoms with Crippen LogP contribution in [0.25, 0.3) is 15.5 Å². The molecule has 0 bridgehead atoms. The molecule has 0 atom stereocenters. The minimum atomic E-state index is -0.407. The molecule has 0 amide bonds. The molecule has 4 saturated carbocycles. The number of aromatic nitrogens is 1. The van der Waals surface area contributed by atoms with Crippen LogP contribution in [-0.4, -0.2) is 67.1 Å². The van der Waals surface area contributed by atoms with Gasteiger partial charge >= 0.3 is 23.9 Å². The van der Waals surface area contributed by atoms with Crippen molar-refractivity contribution in [1.29, 1.82) is 0 Å². The quantitative estimate of drug-likeness (QED) is 0.0486. The SMILES string of the molecule is C=CC(=O)OCCCOC1CCC(C2CCC(C(=O)Oc3ccc(OC(=O)C4CCC(C5CCC(OCCCOC(=O)C=C)CC5)CC4)c4c3SC(=c3sc(=C(C)C)n(-c5ccccc5)c3=O)S4)CC2)CC1. The highest BCUT2D eigenvalue weighted by Gasteiger charge is 2.38. The number of benzene rings is 2. The van der Waals surface area contributed by atoms with Crippen LogP contribution in [0.3, 0.4) is 0 Å². The molecular weight excluding hydrogens is 971 g/mol. The first-order chi connectivity index (χ1) is 35.0. The van der Waals surface area contributed by atoms with Crippen molar-refractivity contribution >= 4 is 68.5 Å². The molecule has 0 N–H and O–H groups in total. The van der Waals surface area contributed by atoms with Crippen LogP contribution in [0.4, 0.5) is 0 Å². The van der Waals surface area contributed by atoms with Crippen LogP contribution in [0.5, 0.6) is 11.5 Å². The molecule has 12 nitrogen and oxygen atoms in total. The van der Waals surface area contributed by atoms with E-state index in [1.54, 1.807) is 16.7 Å². The monoisotopic (exact) mass is 1040 g/mol. The lowest BCUT2D eigenvalue weighted by Crippen LogP contribution is -2.31. The lowest BCUT2D eigenvalue weighted by atomic mass is 9.70. The lowest BCUT2D eigenvalue weighted by Gasteiger charge is -2.37. The third-order valence-electron chi connectivity index (χ3n) is 15.4. The Hall–Kier alpha value is -4.41. The van der Waals surface area contributed by atoms with Crippen LogP contribution in [0.2, 0.25) is 0 Å². The van der Waals surface area contributed by atoms with E-state index in [-0.39, 0.29) is 41.5 Å². The Balaban J connectivity index is 0.894. The van der Waals surface area contributed by atoms with Crippen LogP contribution >= 0.6 is 34.9 Å². The highest BCUT2D eigenvalue weighted by molar-refractivity contribution is 8.32. The second-order valence-corrected chi connectivity index (χ2v) is 23.6. The van der Waals surface area contributed by atoms with Crippen molar-refractivity contribution in [2.24, 2.45) is 35.5 Å². The second-order valence-electron chi connectivity index (χ2n) is 20.3. The first kappa shape index (κ1) is 53.9. The number of thiazole rings is 1. The van der Waals surface area contributed by atoms with Gasteiger partial charge < -0.3 is 28.4 Å². The number of carbonyl (C=O) groups is 4. The number of thioether (sulfide) groups is 2. The van der Waals surface area contributed by atoms with E-state index < -0.39 is 11.9 Å². The molecule has 2 aromatic carbocycles. The Bertz CT molecular complexity index is 2460. The van der Waals surface area contributed by atoms with Crippen molar-refractivity contribution in [3.05, 3.63) is 87.3 Å². The van der Waals surface area contributed by atoms with Crippen LogP contribution in [-0.2, 0) is 38.1 Å². The topological polar surface area (TPSA) is 146 Å². The predicted molar refractivity (Wildman–Crippen MR) is 283 cm³/mol. The first-order valence-electron chi connectivity index (χ1n) is 26.3. The third kappa shape index (κ3) is 13.8. The number of ether oxygens (including phenoxy) is 6. The molecule has 388 valence electrons. The number of para-hydroxylation sites is 1. The molecule has 5 aliphatic rings. The Morgan fingerprint density at radius 2 is 1.00 bits per heavy atom. The van der Waals surface area contributed by atoms with Gasteiger partial charge in [-0.1, -0.05) is 54.9 Å². The zero-order valence-electron chi connectivity index (χ0n) is 41.9. The lowest BCUT2D eigenvalue weighted by molar-refractivity contribution is -0.142. The van der Waals surface area contributed by atoms with Gasteiger partial charge in [-0.25, -0.2) is 9.59 Å². The van der Waals surface area contributed by atoms with Crippen LogP contribution in [0.1, 0.15) is 129 Å². The normalized spacial score (nSPS) is 25.2. The predicted octanol–water partition coefficient (Wildman–Crippen LogP) is 10.9. The van der Waals surface area contributed by atoms with Crippen molar-refractivity contribution in [3.63, 3.8) is 0 Å². The van der Waals surface area contributed by atoms with Crippen molar-refractivity contribution in [2.75, 3.05) is 26.4 Å². The number of hydrogen-bond acceptors (Lipinski definition) is 14. The Kier molecular flexibility index (Phi) is 19.6. The fourth-order valence-corrected chi connectivity index (χ4v) is 15.3. The van der Waals surface area contributed by atoms with Gasteiger partial charge in [0.05, 0.1) is 70.2 Å². The first-order valence-corrected chi connectivity index (χ1v) is 28.7. The van der Waals surface area contributed by atoms with Gasteiger partial charge in [-0.05, 0) is 170 Å². The zero-order valence-corrected chi connectivity index (χ0v) is 44.4. The summed E-state index contributed by atoms with van der Waals surface area (Å²) in [7, 11) is 0. The van der Waals surface area contributed by atoms with E-state index in [1.165, 1.54) is 47.0 Å². The van der Waals surface area contributed by atoms with Gasteiger partial charge in [0, 0.05) is 25.0 Å². The average molecular weight is 1040 g/mol. The standard InChI is InChI=1S/C57H71NO11S3/c1-5-48(59)66-34-10-32-64-44-26-22-39(23-27-44)37-14-18-41(19-15-37)55(62)68-46-30-31-47(51-50(46)71-57(72-51)52-53(61)58(54(70-52)36(3)4)43-12-8-7-9-13-43)69-56(63)42-20-16-38(17-21-42)40-24-28-45(29-25-40)65-33-11-35-67-49(60)6-2/h5-9,12-13,30-31,37-42,44-45H,1-2,10-11,14-29,32-35H2,3-4H3. The minimum Gasteiger partial charge on any atom is -0.462 e. The molecule has 4 aliphatic carbocycles. The summed E-state index contributed by atoms with van der Waals surface area (Å²) in [5, 5.41) is 0. The van der Waals surface area contributed by atoms with Crippen molar-refractivity contribution in [1.82, 2.24) is 4.57 Å². The Labute approximate surface area is 436 Å². The number of nitrogens with zero attached hydrogens (tertiary/aromatic N) is 1. The molecule has 8 rings (SSSR count). The summed E-state index contributed by atoms with van der Waals surface area (Å²) in [6.45, 7) is 12.7. The van der Waals surface area contributed by atoms with Gasteiger partial charge in [-0.3, -0.25) is 19.0 Å². The summed E-state index contributed by atoms with van der Waals surface area (Å²) < 4.78 is 39.0. The number of carbonyl (C=O) groups excluding carboxylic acids is 4. The van der Waals surface area contributed by atoms with Crippen LogP contribution in [0, 0.1) is 35.5 Å². The van der Waals surface area contributed by atoms with Crippen LogP contribution in [0.15, 0.2) is 82.4 Å². The fraction of sp³-hybridized carbons (Fsp3) is 0.561. The van der Waals surface area contributed by atoms with E-state index in [2.05, 4.69) is 13.2 Å². The average Bonchev–Trinajstić information content (AvgIpc) is 4.02. The summed E-state index contributed by atoms with van der Waals surface area (Å²) in [6, 6.07) is 13.2. The molecule has 0 saturated heterocycles. The molecule has 72 heavy (non-hydrogen) atoms. The van der Waals surface area contributed by atoms with Gasteiger partial charge in [0.2, 0.25) is 0 Å². The maximum atomic E-state index is 14.4. The summed E-state index contributed by atoms with van der Waals surface area (Å²) in [5.74, 6) is 1.53. The highest BCUT2D eigenvalue weighted by atomic mass is 32.2. The summed E-state index contributed by atoms with van der Waals surface area (Å²) in [4.78, 5) is 66.4. The molecular formula is C57H71NO11S3. The molecule has 3 aromatic rings. The number of rotatable bonds is 19. The van der Waals surface area contributed by atoms with Crippen molar-refractivity contribution in [2.45, 2.75) is 151 Å². The molecule has 0 radical (unpaired) electrons. The van der Waals surface area contributed by atoms with Gasteiger partial charge in [-0.15, -0.1) is 11.3 Å². The number of fused-ring (bicyclic) bond motifs is 1. The van der Waals surface area contributed by atoms with Gasteiger partial charge in [-0.2, -0.15) is 0 Å². The second kappa shape index (κ2) is 26.2. The van der Waals surface area contributed by atoms with E-state index >= 15 is 0 Å². The molecule has 1 aromatic heterocycles. The van der Waals surface area contributed by atoms with E-state index in [0.717, 1.165) is 123 Å². The molecule has 4 fully saturated rings. The van der Waals surface area contributed by atoms with E-state index in [0.29, 0.717) is 88.8 Å². The smallest absolute Gasteiger partial charge is 0.330 e. The largest absolute Gasteiger partial charge is 0.462 e. The maximum absolute atomic E-state index is 14.4. The number of hydrogen-bond donors (Lipinski definition) is 0. The van der Waals surface area contributed by atoms with E-state index in [9.17, 15) is 24.0 Å². The fourth-order valence-electron chi connectivity index (χ4n) is 11.4. The highest BCUT2D eigenvalue weighted by Crippen LogP contribution is 2.59. The molecule has 0 unspecified atom stereocenters. The number of esters is 4. The van der Waals surface area contributed by atoms with Crippen molar-refractivity contribution in [3.8, 4) is 17.2 Å². The zero-order chi connectivity index (χ0) is 50.6. The summed E-state index contributed by atoms with van der Waals surface area (Å²) in [6.07, 6.45) is 19.8. The summed E-state index contributed by atoms with van der Waals surface area (Å²) >= 11 is 4.27. The van der Waals surface area contributed by atoms with Gasteiger partial charge in [0.25, 0.3) is 5.56 Å². The van der Waals surface area contributed by atoms with E-state index in [1.807, 2.05) is 44.2 Å². The Morgan fingerprint density at radius 1 is 0.583 bits per heavy atom. The summed E-state index contributed by atoms with van der Waals surface area (Å²) in [5.41, 5.74) is 1.69. The van der Waals surface area contributed by atoms with Gasteiger partial charge in [0.1, 0.15) is 20.7 Å². The maximum Gasteiger partial charge on any atom is 0.330 e. The molecule has 15 heteroatoms. The minimum absolute atomic E-state index is 0.120. The van der Waals surface area contributed by atoms with Crippen molar-refractivity contribution < 1.29 is 47.6 Å².